The summed E-state index contributed by atoms with van der Waals surface area (Å²) in [6.07, 6.45) is 21.8. The van der Waals surface area contributed by atoms with Gasteiger partial charge in [0, 0.05) is 139 Å². The van der Waals surface area contributed by atoms with Crippen molar-refractivity contribution in [3.63, 3.8) is 0 Å². The van der Waals surface area contributed by atoms with Crippen LogP contribution in [0.4, 0.5) is 23.3 Å². The summed E-state index contributed by atoms with van der Waals surface area (Å²) < 4.78 is 68.8. The topological polar surface area (TPSA) is 453 Å². The number of ketones is 2. The summed E-state index contributed by atoms with van der Waals surface area (Å²) in [5.41, 5.74) is 15.6. The first-order valence-electron chi connectivity index (χ1n) is 42.8. The Balaban J connectivity index is 0.000000126. The molecule has 6 atom stereocenters. The van der Waals surface area contributed by atoms with E-state index in [0.29, 0.717) is 71.4 Å². The van der Waals surface area contributed by atoms with Gasteiger partial charge in [0.15, 0.2) is 52.4 Å². The largest absolute Gasteiger partial charge is 0.364 e. The molecule has 134 heavy (non-hydrogen) atoms. The molecule has 0 bridgehead atoms. The number of benzene rings is 5. The number of carbonyl (C=O) groups is 3. The third-order valence-corrected chi connectivity index (χ3v) is 26.1. The van der Waals surface area contributed by atoms with Gasteiger partial charge in [-0.25, -0.2) is 69.9 Å². The molecule has 9 N–H and O–H groups in total. The fraction of sp³-hybridized carbons (Fsp3) is 0.165. The smallest absolute Gasteiger partial charge is 0.277 e. The Kier molecular flexibility index (Phi) is 26.9. The molecule has 13 aromatic heterocycles. The highest BCUT2D eigenvalue weighted by molar-refractivity contribution is 7.95. The maximum absolute atomic E-state index is 12.9. The van der Waals surface area contributed by atoms with Crippen molar-refractivity contribution >= 4 is 90.4 Å². The molecule has 0 saturated heterocycles. The molecule has 5 aromatic carbocycles. The summed E-state index contributed by atoms with van der Waals surface area (Å²) in [4.78, 5) is 90.5. The van der Waals surface area contributed by atoms with Crippen LogP contribution in [0.1, 0.15) is 90.2 Å². The fourth-order valence-corrected chi connectivity index (χ4v) is 18.8. The number of primary sulfonamides is 1. The molecule has 0 radical (unpaired) electrons. The van der Waals surface area contributed by atoms with Crippen molar-refractivity contribution in [2.75, 3.05) is 33.7 Å². The van der Waals surface area contributed by atoms with Crippen molar-refractivity contribution in [2.24, 2.45) is 17.0 Å². The number of sulfonamides is 2. The number of amides is 1. The third-order valence-electron chi connectivity index (χ3n) is 22.2. The summed E-state index contributed by atoms with van der Waals surface area (Å²) in [6, 6.07) is 73.3. The van der Waals surface area contributed by atoms with Crippen molar-refractivity contribution in [1.29, 1.82) is 0 Å². The monoisotopic (exact) mass is 1840 g/mol. The van der Waals surface area contributed by atoms with Crippen LogP contribution in [0.2, 0.25) is 0 Å². The molecule has 37 heteroatoms. The van der Waals surface area contributed by atoms with Crippen LogP contribution in [0.15, 0.2) is 310 Å². The molecule has 2 saturated carbocycles. The average Bonchev–Trinajstić information content (AvgIpc) is 1.60. The van der Waals surface area contributed by atoms with E-state index in [1.165, 1.54) is 37.6 Å². The molecular weight excluding hydrogens is 1750 g/mol. The molecule has 0 spiro atoms. The van der Waals surface area contributed by atoms with Crippen molar-refractivity contribution < 1.29 is 40.7 Å². The summed E-state index contributed by atoms with van der Waals surface area (Å²) in [5.74, 6) is 4.93. The Hall–Kier alpha value is -15.7. The second kappa shape index (κ2) is 39.9. The van der Waals surface area contributed by atoms with Gasteiger partial charge in [-0.3, -0.25) is 38.9 Å². The Morgan fingerprint density at radius 3 is 1.28 bits per heavy atom. The van der Waals surface area contributed by atoms with Crippen molar-refractivity contribution in [3.8, 4) is 67.3 Å². The van der Waals surface area contributed by atoms with E-state index in [1.54, 1.807) is 51.3 Å². The van der Waals surface area contributed by atoms with Crippen LogP contribution in [0, 0.1) is 11.8 Å². The lowest BCUT2D eigenvalue weighted by molar-refractivity contribution is -0.119. The zero-order valence-electron chi connectivity index (χ0n) is 72.8. The first-order chi connectivity index (χ1) is 64.9. The zero-order valence-corrected chi connectivity index (χ0v) is 75.3. The quantitative estimate of drug-likeness (QED) is 0.0202. The number of carbonyl (C=O) groups excluding carboxylic acids is 3. The minimum atomic E-state index is -4.30. The van der Waals surface area contributed by atoms with Gasteiger partial charge >= 0.3 is 0 Å². The van der Waals surface area contributed by atoms with Crippen LogP contribution in [-0.2, 0) is 60.4 Å². The van der Waals surface area contributed by atoms with Crippen molar-refractivity contribution in [2.45, 2.75) is 82.6 Å². The zero-order chi connectivity index (χ0) is 93.0. The van der Waals surface area contributed by atoms with E-state index in [9.17, 15) is 40.7 Å². The van der Waals surface area contributed by atoms with Gasteiger partial charge in [0.25, 0.3) is 13.4 Å². The lowest BCUT2D eigenvalue weighted by Gasteiger charge is -2.15. The molecule has 1 amide bonds. The maximum atomic E-state index is 12.9. The molecule has 0 aliphatic heterocycles. The van der Waals surface area contributed by atoms with Crippen molar-refractivity contribution in [3.05, 3.63) is 345 Å². The van der Waals surface area contributed by atoms with E-state index in [-0.39, 0.29) is 40.4 Å². The predicted octanol–water partition coefficient (Wildman–Crippen LogP) is 14.6. The number of fused-ring (bicyclic) bond motifs is 4. The molecule has 2 aliphatic carbocycles. The predicted molar refractivity (Wildman–Crippen MR) is 510 cm³/mol. The van der Waals surface area contributed by atoms with E-state index in [2.05, 4.69) is 127 Å². The van der Waals surface area contributed by atoms with E-state index in [1.807, 2.05) is 198 Å². The van der Waals surface area contributed by atoms with Gasteiger partial charge in [-0.15, -0.1) is 14.7 Å². The van der Waals surface area contributed by atoms with Gasteiger partial charge in [-0.05, 0) is 127 Å². The first-order valence-corrected chi connectivity index (χ1v) is 48.1. The van der Waals surface area contributed by atoms with Crippen LogP contribution in [0.3, 0.4) is 0 Å². The van der Waals surface area contributed by atoms with Gasteiger partial charge < -0.3 is 31.5 Å². The summed E-state index contributed by atoms with van der Waals surface area (Å²) in [7, 11) is -12.4. The van der Waals surface area contributed by atoms with Crippen LogP contribution in [-0.4, -0.2) is 146 Å². The molecular formula is C97H90N25O9PS2. The number of pyridine rings is 4. The molecule has 2 fully saturated rings. The molecule has 2 unspecified atom stereocenters. The summed E-state index contributed by atoms with van der Waals surface area (Å²) in [6.45, 7) is 7.97. The normalized spacial score (nSPS) is 15.0. The lowest BCUT2D eigenvalue weighted by Crippen LogP contribution is -2.45. The standard InChI is InChI=1S/C29H27N7O4S.C23H21N8O4PS.C23H21N5O.C22H21N5/c1-19(37)25(18-41(30,39)40)33-29(38)23-14-22(16-31-17-23)27-34-28(32-15-20-8-4-2-5-9-20)26-24(12-13-36(26)35-27)21-10-6-3-7-11-21;1-36(32,33)30-37(34,35)18-12-17(13-24-14-18)22-28-23(27-15-20-25-9-5-10-26-20)21-19(8-11-31(21)29-22)16-6-3-2-4-7-16;1-15(29)19-13-20(19)22-26-23(25-14-17-9-5-6-11-24-17)21-18(10-12-28(21)27-22)16-7-3-2-4-8-16;1-15-13-19(15)21-25-22(24-14-17-9-5-6-11-23-17)20-18(10-12-27(20)26-21)16-7-3-2-4-8-16/h2-14,16-17,25H,15,18H2,1H3,(H,33,38)(H2,30,39,40)(H,32,34,35);2-14H,15H2,1H3,(H,27,28,29)(H2,30,32,33);2-12,19-20H,13-14H2,1H3,(H,25,26,27);2-12,15,19H,13-14H2,1H3,(H,24,25,26)/t;;19-,20+;15-,19-/m..01/s1. The van der Waals surface area contributed by atoms with Crippen LogP contribution >= 0.6 is 7.52 Å². The average molecular weight is 1850 g/mol. The maximum Gasteiger partial charge on any atom is 0.277 e. The Morgan fingerprint density at radius 2 is 0.866 bits per heavy atom. The summed E-state index contributed by atoms with van der Waals surface area (Å²) in [5, 5.41) is 40.0. The van der Waals surface area contributed by atoms with Crippen LogP contribution < -0.4 is 36.2 Å². The Labute approximate surface area is 769 Å². The van der Waals surface area contributed by atoms with Gasteiger partial charge in [0.2, 0.25) is 20.0 Å². The van der Waals surface area contributed by atoms with E-state index >= 15 is 0 Å². The number of nitrogens with zero attached hydrogens (tertiary/aromatic N) is 18. The number of nitrogens with two attached hydrogens (primary N) is 1. The summed E-state index contributed by atoms with van der Waals surface area (Å²) >= 11 is 0. The van der Waals surface area contributed by atoms with E-state index in [0.717, 1.165) is 127 Å². The minimum Gasteiger partial charge on any atom is -0.364 e. The van der Waals surface area contributed by atoms with Crippen molar-refractivity contribution in [1.82, 2.24) is 98.1 Å². The van der Waals surface area contributed by atoms with Crippen LogP contribution in [0.25, 0.3) is 89.4 Å². The highest BCUT2D eigenvalue weighted by atomic mass is 32.2. The molecule has 674 valence electrons. The lowest BCUT2D eigenvalue weighted by atomic mass is 10.1. The number of nitrogens with one attached hydrogen (secondary N) is 6. The number of rotatable bonds is 29. The molecule has 18 aromatic rings. The second-order valence-corrected chi connectivity index (χ2v) is 37.8. The number of hydrogen-bond acceptors (Lipinski definition) is 26. The molecule has 13 heterocycles. The Bertz CT molecular complexity index is 7570. The van der Waals surface area contributed by atoms with E-state index in [4.69, 9.17) is 30.3 Å². The van der Waals surface area contributed by atoms with Gasteiger partial charge in [-0.2, -0.15) is 10.2 Å². The van der Waals surface area contributed by atoms with Crippen LogP contribution in [0.5, 0.6) is 0 Å². The Morgan fingerprint density at radius 1 is 0.463 bits per heavy atom. The highest BCUT2D eigenvalue weighted by Crippen LogP contribution is 2.48. The van der Waals surface area contributed by atoms with Gasteiger partial charge in [0.1, 0.15) is 44.6 Å². The fourth-order valence-electron chi connectivity index (χ4n) is 15.3. The molecule has 20 rings (SSSR count). The number of Topliss-reactive ketones (excluding diaryl/α,β-unsaturated/α-hetero) is 2. The van der Waals surface area contributed by atoms with Gasteiger partial charge in [-0.1, -0.05) is 171 Å². The minimum absolute atomic E-state index is 0.0419. The number of anilines is 4. The van der Waals surface area contributed by atoms with Gasteiger partial charge in [0.05, 0.1) is 42.3 Å². The SMILES string of the molecule is CC(=O)C(CS(N)(=O)=O)NC(=O)c1cncc(-c2nc(NCc3ccccc3)c3c(-c4ccccc4)ccn3n2)c1.CC(=O)[C@@H]1C[C@H]1c1nc(NCc2ccccn2)c2c(-c3ccccc3)ccn2n1.CP(=O)(O)NS(=O)(=O)c1cncc(-c2nc(NCc3ncccn3)c3c(-c4ccccc4)ccn3n2)c1.C[C@@H]1C[C@H]1c1nc(NCc2ccccn2)c2c(-c3ccccc3)ccn2n1. The highest BCUT2D eigenvalue weighted by Gasteiger charge is 2.45. The molecule has 2 aliphatic rings. The second-order valence-electron chi connectivity index (χ2n) is 32.2. The molecule has 34 nitrogen and oxygen atoms in total. The van der Waals surface area contributed by atoms with E-state index < -0.39 is 51.1 Å². The third kappa shape index (κ3) is 22.0. The number of hydrogen-bond donors (Lipinski definition) is 8. The number of aromatic nitrogens is 18. The first kappa shape index (κ1) is 90.2.